The van der Waals surface area contributed by atoms with E-state index in [1.54, 1.807) is 12.1 Å². The SMILES string of the molecule is CC(C)(C)c1ccc(C(C)(C)C)c(NC(=O)N[C@H](Cc2ccc(Cl)cc2)C(=O)NCc2ccccc2)c1. The molecular formula is C31H38ClN3O2. The van der Waals surface area contributed by atoms with E-state index in [0.29, 0.717) is 18.0 Å². The number of amides is 3. The molecule has 0 spiro atoms. The van der Waals surface area contributed by atoms with E-state index in [4.69, 9.17) is 11.6 Å². The zero-order valence-corrected chi connectivity index (χ0v) is 23.4. The zero-order chi connectivity index (χ0) is 27.2. The first-order valence-electron chi connectivity index (χ1n) is 12.6. The van der Waals surface area contributed by atoms with Crippen molar-refractivity contribution >= 4 is 29.2 Å². The summed E-state index contributed by atoms with van der Waals surface area (Å²) in [4.78, 5) is 26.5. The summed E-state index contributed by atoms with van der Waals surface area (Å²) in [5, 5.41) is 9.51. The van der Waals surface area contributed by atoms with E-state index >= 15 is 0 Å². The van der Waals surface area contributed by atoms with Crippen molar-refractivity contribution in [2.24, 2.45) is 0 Å². The van der Waals surface area contributed by atoms with Gasteiger partial charge in [-0.05, 0) is 51.3 Å². The van der Waals surface area contributed by atoms with Gasteiger partial charge in [-0.15, -0.1) is 0 Å². The molecule has 0 heterocycles. The van der Waals surface area contributed by atoms with Crippen LogP contribution in [0.4, 0.5) is 10.5 Å². The predicted octanol–water partition coefficient (Wildman–Crippen LogP) is 6.98. The molecule has 5 nitrogen and oxygen atoms in total. The van der Waals surface area contributed by atoms with Crippen LogP contribution in [-0.2, 0) is 28.6 Å². The minimum Gasteiger partial charge on any atom is -0.350 e. The molecule has 3 N–H and O–H groups in total. The maximum atomic E-state index is 13.3. The molecule has 196 valence electrons. The molecular weight excluding hydrogens is 482 g/mol. The van der Waals surface area contributed by atoms with Crippen LogP contribution in [-0.4, -0.2) is 18.0 Å². The average molecular weight is 520 g/mol. The minimum atomic E-state index is -0.770. The monoisotopic (exact) mass is 519 g/mol. The topological polar surface area (TPSA) is 70.2 Å². The van der Waals surface area contributed by atoms with Gasteiger partial charge in [-0.25, -0.2) is 4.79 Å². The third-order valence-electron chi connectivity index (χ3n) is 6.23. The van der Waals surface area contributed by atoms with E-state index in [9.17, 15) is 9.59 Å². The number of benzene rings is 3. The number of rotatable bonds is 7. The largest absolute Gasteiger partial charge is 0.350 e. The van der Waals surface area contributed by atoms with Gasteiger partial charge in [0.25, 0.3) is 0 Å². The highest BCUT2D eigenvalue weighted by Gasteiger charge is 2.25. The summed E-state index contributed by atoms with van der Waals surface area (Å²) in [7, 11) is 0. The van der Waals surface area contributed by atoms with Crippen LogP contribution in [0.15, 0.2) is 72.8 Å². The normalized spacial score (nSPS) is 12.5. The Hall–Kier alpha value is -3.31. The Labute approximate surface area is 226 Å². The first-order valence-corrected chi connectivity index (χ1v) is 13.0. The van der Waals surface area contributed by atoms with Gasteiger partial charge in [0, 0.05) is 23.7 Å². The molecule has 0 bridgehead atoms. The van der Waals surface area contributed by atoms with Gasteiger partial charge in [-0.3, -0.25) is 4.79 Å². The second-order valence-corrected chi connectivity index (χ2v) is 11.9. The van der Waals surface area contributed by atoms with Crippen LogP contribution in [0.25, 0.3) is 0 Å². The van der Waals surface area contributed by atoms with Crippen LogP contribution in [0.3, 0.4) is 0 Å². The first-order chi connectivity index (χ1) is 17.3. The molecule has 0 radical (unpaired) electrons. The van der Waals surface area contributed by atoms with Gasteiger partial charge in [0.1, 0.15) is 6.04 Å². The van der Waals surface area contributed by atoms with Crippen molar-refractivity contribution in [1.29, 1.82) is 0 Å². The molecule has 0 aliphatic heterocycles. The number of urea groups is 1. The van der Waals surface area contributed by atoms with Crippen LogP contribution in [0.1, 0.15) is 63.8 Å². The molecule has 0 aliphatic carbocycles. The summed E-state index contributed by atoms with van der Waals surface area (Å²) in [5.74, 6) is -0.256. The molecule has 0 aromatic heterocycles. The molecule has 1 atom stereocenters. The van der Waals surface area contributed by atoms with E-state index in [-0.39, 0.29) is 16.7 Å². The van der Waals surface area contributed by atoms with Crippen molar-refractivity contribution in [2.45, 2.75) is 71.4 Å². The quantitative estimate of drug-likeness (QED) is 0.315. The molecule has 3 amide bonds. The summed E-state index contributed by atoms with van der Waals surface area (Å²) in [6.45, 7) is 13.1. The fraction of sp³-hybridized carbons (Fsp3) is 0.355. The maximum Gasteiger partial charge on any atom is 0.319 e. The maximum absolute atomic E-state index is 13.3. The smallest absolute Gasteiger partial charge is 0.319 e. The summed E-state index contributed by atoms with van der Waals surface area (Å²) in [5.41, 5.74) is 4.53. The van der Waals surface area contributed by atoms with E-state index in [1.165, 1.54) is 0 Å². The standard InChI is InChI=1S/C31H38ClN3O2/c1-30(2,3)23-14-17-25(31(4,5)6)26(19-23)34-29(37)35-27(18-21-12-15-24(32)16-13-21)28(36)33-20-22-10-8-7-9-11-22/h7-17,19,27H,18,20H2,1-6H3,(H,33,36)(H2,34,35,37)/t27-/m1/s1. The summed E-state index contributed by atoms with van der Waals surface area (Å²) in [6.07, 6.45) is 0.333. The number of hydrogen-bond acceptors (Lipinski definition) is 2. The fourth-order valence-electron chi connectivity index (χ4n) is 4.06. The van der Waals surface area contributed by atoms with Crippen molar-refractivity contribution < 1.29 is 9.59 Å². The minimum absolute atomic E-state index is 0.0717. The van der Waals surface area contributed by atoms with Gasteiger partial charge in [0.15, 0.2) is 0 Å². The second-order valence-electron chi connectivity index (χ2n) is 11.4. The third kappa shape index (κ3) is 8.36. The van der Waals surface area contributed by atoms with Crippen molar-refractivity contribution in [3.63, 3.8) is 0 Å². The Morgan fingerprint density at radius 3 is 2.05 bits per heavy atom. The van der Waals surface area contributed by atoms with E-state index < -0.39 is 12.1 Å². The van der Waals surface area contributed by atoms with E-state index in [2.05, 4.69) is 69.6 Å². The van der Waals surface area contributed by atoms with E-state index in [1.807, 2.05) is 48.5 Å². The summed E-state index contributed by atoms with van der Waals surface area (Å²) < 4.78 is 0. The number of hydrogen-bond donors (Lipinski definition) is 3. The lowest BCUT2D eigenvalue weighted by Crippen LogP contribution is -2.49. The molecule has 3 aromatic carbocycles. The zero-order valence-electron chi connectivity index (χ0n) is 22.6. The van der Waals surface area contributed by atoms with Crippen molar-refractivity contribution in [3.8, 4) is 0 Å². The number of anilines is 1. The lowest BCUT2D eigenvalue weighted by Gasteiger charge is -2.27. The van der Waals surface area contributed by atoms with Gasteiger partial charge in [-0.1, -0.05) is 108 Å². The summed E-state index contributed by atoms with van der Waals surface area (Å²) >= 11 is 6.04. The molecule has 0 fully saturated rings. The van der Waals surface area contributed by atoms with Gasteiger partial charge in [-0.2, -0.15) is 0 Å². The molecule has 3 aromatic rings. The number of nitrogens with one attached hydrogen (secondary N) is 3. The number of halogens is 1. The third-order valence-corrected chi connectivity index (χ3v) is 6.48. The predicted molar refractivity (Wildman–Crippen MR) is 153 cm³/mol. The van der Waals surface area contributed by atoms with Crippen molar-refractivity contribution in [1.82, 2.24) is 10.6 Å². The van der Waals surface area contributed by atoms with Gasteiger partial charge in [0.05, 0.1) is 0 Å². The van der Waals surface area contributed by atoms with Crippen LogP contribution in [0.2, 0.25) is 5.02 Å². The van der Waals surface area contributed by atoms with Crippen molar-refractivity contribution in [2.75, 3.05) is 5.32 Å². The Morgan fingerprint density at radius 1 is 0.811 bits per heavy atom. The van der Waals surface area contributed by atoms with Gasteiger partial charge >= 0.3 is 6.03 Å². The fourth-order valence-corrected chi connectivity index (χ4v) is 4.18. The lowest BCUT2D eigenvalue weighted by atomic mass is 9.81. The molecule has 37 heavy (non-hydrogen) atoms. The summed E-state index contributed by atoms with van der Waals surface area (Å²) in [6, 6.07) is 22.0. The Balaban J connectivity index is 1.82. The van der Waals surface area contributed by atoms with Gasteiger partial charge < -0.3 is 16.0 Å². The Bertz CT molecular complexity index is 1210. The first kappa shape index (κ1) is 28.3. The van der Waals surface area contributed by atoms with Crippen LogP contribution in [0, 0.1) is 0 Å². The molecule has 0 saturated heterocycles. The van der Waals surface area contributed by atoms with Crippen LogP contribution in [0.5, 0.6) is 0 Å². The van der Waals surface area contributed by atoms with Crippen LogP contribution < -0.4 is 16.0 Å². The number of carbonyl (C=O) groups excluding carboxylic acids is 2. The highest BCUT2D eigenvalue weighted by atomic mass is 35.5. The van der Waals surface area contributed by atoms with E-state index in [0.717, 1.165) is 27.9 Å². The molecule has 0 saturated carbocycles. The molecule has 6 heteroatoms. The van der Waals surface area contributed by atoms with Gasteiger partial charge in [0.2, 0.25) is 5.91 Å². The van der Waals surface area contributed by atoms with Crippen LogP contribution >= 0.6 is 11.6 Å². The highest BCUT2D eigenvalue weighted by molar-refractivity contribution is 6.30. The Kier molecular flexibility index (Phi) is 9.03. The Morgan fingerprint density at radius 2 is 1.46 bits per heavy atom. The molecule has 0 unspecified atom stereocenters. The second kappa shape index (κ2) is 11.8. The molecule has 0 aliphatic rings. The lowest BCUT2D eigenvalue weighted by molar-refractivity contribution is -0.123. The average Bonchev–Trinajstić information content (AvgIpc) is 2.83. The molecule has 3 rings (SSSR count). The van der Waals surface area contributed by atoms with Crippen molar-refractivity contribution in [3.05, 3.63) is 100 Å². The highest BCUT2D eigenvalue weighted by Crippen LogP contribution is 2.34. The number of carbonyl (C=O) groups is 2.